The molecule has 1 unspecified atom stereocenters. The fraction of sp³-hybridized carbons (Fsp3) is 0.167. The Balaban J connectivity index is 1.46. The fourth-order valence-electron chi connectivity index (χ4n) is 3.24. The van der Waals surface area contributed by atoms with Gasteiger partial charge in [-0.05, 0) is 67.9 Å². The highest BCUT2D eigenvalue weighted by molar-refractivity contribution is 5.94. The second-order valence-electron chi connectivity index (χ2n) is 7.19. The highest BCUT2D eigenvalue weighted by atomic mass is 19.1. The summed E-state index contributed by atoms with van der Waals surface area (Å²) in [6, 6.07) is 17.3. The van der Waals surface area contributed by atoms with Crippen LogP contribution in [-0.2, 0) is 6.61 Å². The molecule has 2 aromatic heterocycles. The van der Waals surface area contributed by atoms with Crippen molar-refractivity contribution in [2.75, 3.05) is 0 Å². The molecule has 0 aliphatic rings. The first-order chi connectivity index (χ1) is 15.0. The monoisotopic (exact) mass is 419 g/mol. The molecule has 0 fully saturated rings. The maximum absolute atomic E-state index is 13.1. The number of nitrogens with one attached hydrogen (secondary N) is 1. The number of benzene rings is 2. The maximum atomic E-state index is 13.1. The van der Waals surface area contributed by atoms with Gasteiger partial charge in [-0.25, -0.2) is 4.39 Å². The predicted octanol–water partition coefficient (Wildman–Crippen LogP) is 4.98. The van der Waals surface area contributed by atoms with Crippen LogP contribution in [0.15, 0.2) is 77.6 Å². The molecule has 4 rings (SSSR count). The molecule has 158 valence electrons. The summed E-state index contributed by atoms with van der Waals surface area (Å²) in [4.78, 5) is 12.9. The van der Waals surface area contributed by atoms with Crippen molar-refractivity contribution >= 4 is 5.91 Å². The van der Waals surface area contributed by atoms with Crippen LogP contribution in [0.25, 0.3) is 5.69 Å². The van der Waals surface area contributed by atoms with Crippen molar-refractivity contribution in [2.45, 2.75) is 26.5 Å². The first-order valence-corrected chi connectivity index (χ1v) is 9.89. The van der Waals surface area contributed by atoms with Crippen molar-refractivity contribution in [3.8, 4) is 11.4 Å². The van der Waals surface area contributed by atoms with Gasteiger partial charge in [-0.1, -0.05) is 17.3 Å². The summed E-state index contributed by atoms with van der Waals surface area (Å²) >= 11 is 0. The zero-order valence-electron chi connectivity index (χ0n) is 17.2. The van der Waals surface area contributed by atoms with Gasteiger partial charge in [-0.3, -0.25) is 4.79 Å². The number of halogens is 1. The van der Waals surface area contributed by atoms with Crippen molar-refractivity contribution in [1.82, 2.24) is 15.0 Å². The van der Waals surface area contributed by atoms with E-state index in [-0.39, 0.29) is 30.1 Å². The zero-order valence-corrected chi connectivity index (χ0v) is 17.2. The highest BCUT2D eigenvalue weighted by Gasteiger charge is 2.22. The lowest BCUT2D eigenvalue weighted by Gasteiger charge is -2.15. The molecule has 6 nitrogen and oxygen atoms in total. The molecule has 31 heavy (non-hydrogen) atoms. The Morgan fingerprint density at radius 3 is 2.65 bits per heavy atom. The van der Waals surface area contributed by atoms with E-state index < -0.39 is 0 Å². The maximum Gasteiger partial charge on any atom is 0.274 e. The number of ether oxygens (including phenoxy) is 1. The van der Waals surface area contributed by atoms with Gasteiger partial charge < -0.3 is 19.1 Å². The minimum absolute atomic E-state index is 0.0845. The Morgan fingerprint density at radius 1 is 1.16 bits per heavy atom. The van der Waals surface area contributed by atoms with Gasteiger partial charge in [0.2, 0.25) is 0 Å². The Hall–Kier alpha value is -3.87. The first kappa shape index (κ1) is 20.4. The summed E-state index contributed by atoms with van der Waals surface area (Å²) in [7, 11) is 0. The molecule has 0 saturated carbocycles. The number of nitrogens with zero attached hydrogens (tertiary/aromatic N) is 2. The van der Waals surface area contributed by atoms with Gasteiger partial charge in [-0.2, -0.15) is 0 Å². The van der Waals surface area contributed by atoms with Gasteiger partial charge in [0.05, 0.1) is 11.6 Å². The van der Waals surface area contributed by atoms with E-state index in [1.165, 1.54) is 24.3 Å². The number of carbonyl (C=O) groups is 1. The predicted molar refractivity (Wildman–Crippen MR) is 114 cm³/mol. The third kappa shape index (κ3) is 4.66. The van der Waals surface area contributed by atoms with Crippen LogP contribution in [0.1, 0.15) is 40.3 Å². The topological polar surface area (TPSA) is 69.3 Å². The summed E-state index contributed by atoms with van der Waals surface area (Å²) in [6.45, 7) is 3.71. The van der Waals surface area contributed by atoms with Gasteiger partial charge in [0.15, 0.2) is 5.69 Å². The zero-order chi connectivity index (χ0) is 21.8. The van der Waals surface area contributed by atoms with Crippen molar-refractivity contribution in [1.29, 1.82) is 0 Å². The molecule has 0 spiro atoms. The lowest BCUT2D eigenvalue weighted by atomic mass is 10.1. The lowest BCUT2D eigenvalue weighted by Crippen LogP contribution is -2.28. The minimum Gasteiger partial charge on any atom is -0.489 e. The molecule has 0 aliphatic heterocycles. The fourth-order valence-corrected chi connectivity index (χ4v) is 3.24. The largest absolute Gasteiger partial charge is 0.489 e. The van der Waals surface area contributed by atoms with E-state index in [4.69, 9.17) is 9.26 Å². The smallest absolute Gasteiger partial charge is 0.274 e. The van der Waals surface area contributed by atoms with Crippen LogP contribution < -0.4 is 10.1 Å². The Morgan fingerprint density at radius 2 is 1.90 bits per heavy atom. The molecule has 0 bridgehead atoms. The van der Waals surface area contributed by atoms with Gasteiger partial charge in [-0.15, -0.1) is 0 Å². The van der Waals surface area contributed by atoms with Gasteiger partial charge in [0.1, 0.15) is 23.9 Å². The van der Waals surface area contributed by atoms with E-state index in [1.54, 1.807) is 6.92 Å². The molecule has 4 aromatic rings. The summed E-state index contributed by atoms with van der Waals surface area (Å²) in [6.07, 6.45) is 3.93. The number of rotatable bonds is 7. The van der Waals surface area contributed by atoms with Crippen molar-refractivity contribution in [3.05, 3.63) is 101 Å². The average Bonchev–Trinajstić information content (AvgIpc) is 3.44. The van der Waals surface area contributed by atoms with Crippen LogP contribution in [0.4, 0.5) is 4.39 Å². The summed E-state index contributed by atoms with van der Waals surface area (Å²) < 4.78 is 26.0. The number of hydrogen-bond donors (Lipinski definition) is 1. The van der Waals surface area contributed by atoms with E-state index in [1.807, 2.05) is 60.3 Å². The summed E-state index contributed by atoms with van der Waals surface area (Å²) in [5.41, 5.74) is 2.70. The molecule has 0 aliphatic carbocycles. The van der Waals surface area contributed by atoms with Crippen molar-refractivity contribution < 1.29 is 18.4 Å². The van der Waals surface area contributed by atoms with Crippen LogP contribution in [0, 0.1) is 12.7 Å². The first-order valence-electron chi connectivity index (χ1n) is 9.89. The molecule has 0 radical (unpaired) electrons. The molecule has 1 amide bonds. The standard InChI is InChI=1S/C24H22FN3O3/c1-16(18-6-5-7-20(14-18)28-12-3-4-13-28)26-24(29)23-22(17(2)31-27-23)15-30-21-10-8-19(25)9-11-21/h3-14,16H,15H2,1-2H3,(H,26,29). The van der Waals surface area contributed by atoms with E-state index in [2.05, 4.69) is 10.5 Å². The molecule has 2 aromatic carbocycles. The van der Waals surface area contributed by atoms with E-state index in [9.17, 15) is 9.18 Å². The number of hydrogen-bond acceptors (Lipinski definition) is 4. The van der Waals surface area contributed by atoms with Crippen LogP contribution in [-0.4, -0.2) is 15.6 Å². The third-order valence-corrected chi connectivity index (χ3v) is 5.02. The van der Waals surface area contributed by atoms with Gasteiger partial charge in [0.25, 0.3) is 5.91 Å². The average molecular weight is 419 g/mol. The van der Waals surface area contributed by atoms with Crippen molar-refractivity contribution in [2.24, 2.45) is 0 Å². The number of carbonyl (C=O) groups excluding carboxylic acids is 1. The summed E-state index contributed by atoms with van der Waals surface area (Å²) in [5.74, 6) is 0.287. The normalized spacial score (nSPS) is 11.8. The molecule has 1 N–H and O–H groups in total. The number of aryl methyl sites for hydroxylation is 1. The Kier molecular flexibility index (Phi) is 5.84. The van der Waals surface area contributed by atoms with Gasteiger partial charge >= 0.3 is 0 Å². The molecule has 0 saturated heterocycles. The summed E-state index contributed by atoms with van der Waals surface area (Å²) in [5, 5.41) is 6.88. The minimum atomic E-state index is -0.353. The Bertz CT molecular complexity index is 1170. The number of aromatic nitrogens is 2. The van der Waals surface area contributed by atoms with Crippen molar-refractivity contribution in [3.63, 3.8) is 0 Å². The third-order valence-electron chi connectivity index (χ3n) is 5.02. The van der Waals surface area contributed by atoms with Crippen LogP contribution in [0.2, 0.25) is 0 Å². The Labute approximate surface area is 179 Å². The quantitative estimate of drug-likeness (QED) is 0.459. The second-order valence-corrected chi connectivity index (χ2v) is 7.19. The van der Waals surface area contributed by atoms with Crippen LogP contribution >= 0.6 is 0 Å². The SMILES string of the molecule is Cc1onc(C(=O)NC(C)c2cccc(-n3cccc3)c2)c1COc1ccc(F)cc1. The molecule has 1 atom stereocenters. The molecule has 2 heterocycles. The van der Waals surface area contributed by atoms with Crippen LogP contribution in [0.5, 0.6) is 5.75 Å². The van der Waals surface area contributed by atoms with Crippen LogP contribution in [0.3, 0.4) is 0 Å². The molecule has 7 heteroatoms. The number of amides is 1. The van der Waals surface area contributed by atoms with E-state index >= 15 is 0 Å². The molecular formula is C24H22FN3O3. The second kappa shape index (κ2) is 8.87. The van der Waals surface area contributed by atoms with Gasteiger partial charge in [0, 0.05) is 18.1 Å². The van der Waals surface area contributed by atoms with E-state index in [0.29, 0.717) is 17.1 Å². The molecular weight excluding hydrogens is 397 g/mol. The van der Waals surface area contributed by atoms with E-state index in [0.717, 1.165) is 11.3 Å². The lowest BCUT2D eigenvalue weighted by molar-refractivity contribution is 0.0928. The highest BCUT2D eigenvalue weighted by Crippen LogP contribution is 2.21.